The molecule has 192 valence electrons. The first-order chi connectivity index (χ1) is 17.9. The number of hydrogen-bond acceptors (Lipinski definition) is 8. The minimum Gasteiger partial charge on any atom is -0.497 e. The highest BCUT2D eigenvalue weighted by atomic mass is 32.1. The Labute approximate surface area is 218 Å². The Balaban J connectivity index is 1.88. The molecule has 0 saturated carbocycles. The number of esters is 1. The topological polar surface area (TPSA) is 88.4 Å². The van der Waals surface area contributed by atoms with Gasteiger partial charge in [0, 0.05) is 0 Å². The highest BCUT2D eigenvalue weighted by Crippen LogP contribution is 2.32. The van der Waals surface area contributed by atoms with Gasteiger partial charge in [-0.25, -0.2) is 9.79 Å². The number of fused-ring (bicyclic) bond motifs is 1. The summed E-state index contributed by atoms with van der Waals surface area (Å²) in [6, 6.07) is 12.0. The lowest BCUT2D eigenvalue weighted by Crippen LogP contribution is -2.39. The zero-order valence-electron chi connectivity index (χ0n) is 21.1. The van der Waals surface area contributed by atoms with Crippen molar-refractivity contribution in [3.8, 4) is 17.2 Å². The van der Waals surface area contributed by atoms with E-state index in [4.69, 9.17) is 18.9 Å². The van der Waals surface area contributed by atoms with Crippen LogP contribution in [0.5, 0.6) is 17.2 Å². The van der Waals surface area contributed by atoms with Gasteiger partial charge in [0.2, 0.25) is 0 Å². The molecule has 1 aliphatic rings. The van der Waals surface area contributed by atoms with Crippen LogP contribution in [0.15, 0.2) is 76.2 Å². The number of allylic oxidation sites excluding steroid dienone is 1. The minimum atomic E-state index is -0.712. The Morgan fingerprint density at radius 2 is 1.89 bits per heavy atom. The van der Waals surface area contributed by atoms with Gasteiger partial charge in [-0.2, -0.15) is 0 Å². The fourth-order valence-corrected chi connectivity index (χ4v) is 5.14. The monoisotopic (exact) mass is 520 g/mol. The van der Waals surface area contributed by atoms with Gasteiger partial charge >= 0.3 is 5.97 Å². The highest BCUT2D eigenvalue weighted by Gasteiger charge is 2.33. The van der Waals surface area contributed by atoms with E-state index in [0.29, 0.717) is 44.5 Å². The lowest BCUT2D eigenvalue weighted by molar-refractivity contribution is -0.138. The maximum Gasteiger partial charge on any atom is 0.338 e. The minimum absolute atomic E-state index is 0.0505. The Morgan fingerprint density at radius 3 is 2.54 bits per heavy atom. The number of carbonyl (C=O) groups is 1. The molecule has 0 aliphatic carbocycles. The normalized spacial score (nSPS) is 15.0. The third-order valence-electron chi connectivity index (χ3n) is 5.79. The van der Waals surface area contributed by atoms with E-state index in [-0.39, 0.29) is 12.2 Å². The Bertz CT molecular complexity index is 1530. The molecular weight excluding hydrogens is 492 g/mol. The van der Waals surface area contributed by atoms with Crippen molar-refractivity contribution in [1.29, 1.82) is 0 Å². The summed E-state index contributed by atoms with van der Waals surface area (Å²) in [6.07, 6.45) is 3.28. The predicted molar refractivity (Wildman–Crippen MR) is 142 cm³/mol. The summed E-state index contributed by atoms with van der Waals surface area (Å²) < 4.78 is 23.7. The van der Waals surface area contributed by atoms with Crippen molar-refractivity contribution in [2.45, 2.75) is 19.9 Å². The van der Waals surface area contributed by atoms with Gasteiger partial charge in [-0.1, -0.05) is 42.2 Å². The molecule has 0 N–H and O–H groups in total. The maximum atomic E-state index is 13.7. The van der Waals surface area contributed by atoms with E-state index in [1.165, 1.54) is 17.4 Å². The number of methoxy groups -OCH3 is 2. The zero-order chi connectivity index (χ0) is 26.5. The molecule has 1 atom stereocenters. The third-order valence-corrected chi connectivity index (χ3v) is 6.77. The average molecular weight is 521 g/mol. The Hall–Kier alpha value is -4.11. The summed E-state index contributed by atoms with van der Waals surface area (Å²) in [6.45, 7) is 7.82. The smallest absolute Gasteiger partial charge is 0.338 e. The van der Waals surface area contributed by atoms with Gasteiger partial charge in [0.15, 0.2) is 16.3 Å². The van der Waals surface area contributed by atoms with Gasteiger partial charge < -0.3 is 18.9 Å². The van der Waals surface area contributed by atoms with E-state index < -0.39 is 12.0 Å². The molecule has 4 rings (SSSR count). The summed E-state index contributed by atoms with van der Waals surface area (Å²) in [4.78, 5) is 31.9. The van der Waals surface area contributed by atoms with Gasteiger partial charge in [-0.15, -0.1) is 0 Å². The summed E-state index contributed by atoms with van der Waals surface area (Å²) in [7, 11) is 3.15. The van der Waals surface area contributed by atoms with E-state index >= 15 is 0 Å². The van der Waals surface area contributed by atoms with Crippen molar-refractivity contribution in [3.63, 3.8) is 0 Å². The van der Waals surface area contributed by atoms with Crippen molar-refractivity contribution < 1.29 is 23.7 Å². The molecule has 0 saturated heterocycles. The van der Waals surface area contributed by atoms with Crippen LogP contribution >= 0.6 is 11.3 Å². The molecule has 37 heavy (non-hydrogen) atoms. The summed E-state index contributed by atoms with van der Waals surface area (Å²) >= 11 is 1.26. The molecule has 0 spiro atoms. The Kier molecular flexibility index (Phi) is 7.93. The molecule has 0 amide bonds. The number of aromatic nitrogens is 1. The molecule has 0 radical (unpaired) electrons. The average Bonchev–Trinajstić information content (AvgIpc) is 3.21. The molecule has 1 aromatic heterocycles. The number of rotatable bonds is 9. The zero-order valence-corrected chi connectivity index (χ0v) is 22.0. The molecule has 8 nitrogen and oxygen atoms in total. The number of ether oxygens (including phenoxy) is 4. The van der Waals surface area contributed by atoms with Crippen LogP contribution in [0.3, 0.4) is 0 Å². The first kappa shape index (κ1) is 26.0. The highest BCUT2D eigenvalue weighted by molar-refractivity contribution is 7.07. The second-order valence-corrected chi connectivity index (χ2v) is 9.09. The molecular formula is C28H28N2O6S. The molecule has 2 heterocycles. The molecule has 0 fully saturated rings. The fourth-order valence-electron chi connectivity index (χ4n) is 4.10. The van der Waals surface area contributed by atoms with E-state index in [1.807, 2.05) is 37.3 Å². The molecule has 0 bridgehead atoms. The lowest BCUT2D eigenvalue weighted by atomic mass is 9.96. The van der Waals surface area contributed by atoms with E-state index in [2.05, 4.69) is 11.6 Å². The third kappa shape index (κ3) is 5.22. The number of thiazole rings is 1. The standard InChI is InChI=1S/C28H28N2O6S/c1-6-14-36-27(32)24-17(3)29-28-30(25(24)19-9-11-20(33-4)12-10-19)26(31)23(37-28)16-18-8-13-21(35-7-2)22(15-18)34-5/h6,8-13,15-16,25H,1,7,14H2,2-5H3/b23-16-/t25-/m1/s1. The van der Waals surface area contributed by atoms with Crippen LogP contribution in [-0.2, 0) is 9.53 Å². The molecule has 2 aromatic carbocycles. The summed E-state index contributed by atoms with van der Waals surface area (Å²) in [5, 5.41) is 0. The van der Waals surface area contributed by atoms with Crippen LogP contribution in [0.1, 0.15) is 31.0 Å². The van der Waals surface area contributed by atoms with Gasteiger partial charge in [0.05, 0.1) is 42.7 Å². The second kappa shape index (κ2) is 11.3. The van der Waals surface area contributed by atoms with Crippen LogP contribution in [0, 0.1) is 0 Å². The van der Waals surface area contributed by atoms with Crippen LogP contribution in [0.4, 0.5) is 0 Å². The van der Waals surface area contributed by atoms with Crippen molar-refractivity contribution in [2.24, 2.45) is 4.99 Å². The largest absolute Gasteiger partial charge is 0.497 e. The number of benzene rings is 2. The first-order valence-corrected chi connectivity index (χ1v) is 12.5. The van der Waals surface area contributed by atoms with Crippen molar-refractivity contribution in [3.05, 3.63) is 97.2 Å². The van der Waals surface area contributed by atoms with Crippen molar-refractivity contribution in [2.75, 3.05) is 27.4 Å². The van der Waals surface area contributed by atoms with Gasteiger partial charge in [0.1, 0.15) is 12.4 Å². The fraction of sp³-hybridized carbons (Fsp3) is 0.250. The summed E-state index contributed by atoms with van der Waals surface area (Å²) in [5.74, 6) is 1.31. The predicted octanol–water partition coefficient (Wildman–Crippen LogP) is 3.38. The van der Waals surface area contributed by atoms with E-state index in [1.54, 1.807) is 43.9 Å². The second-order valence-electron chi connectivity index (χ2n) is 8.09. The van der Waals surface area contributed by atoms with E-state index in [0.717, 1.165) is 11.1 Å². The van der Waals surface area contributed by atoms with Crippen molar-refractivity contribution in [1.82, 2.24) is 4.57 Å². The van der Waals surface area contributed by atoms with Gasteiger partial charge in [-0.3, -0.25) is 9.36 Å². The van der Waals surface area contributed by atoms with Crippen LogP contribution in [-0.4, -0.2) is 38.0 Å². The van der Waals surface area contributed by atoms with Gasteiger partial charge in [-0.05, 0) is 55.3 Å². The van der Waals surface area contributed by atoms with Crippen molar-refractivity contribution >= 4 is 23.4 Å². The summed E-state index contributed by atoms with van der Waals surface area (Å²) in [5.41, 5.74) is 2.03. The van der Waals surface area contributed by atoms with Crippen LogP contribution < -0.4 is 29.1 Å². The lowest BCUT2D eigenvalue weighted by Gasteiger charge is -2.24. The number of hydrogen-bond donors (Lipinski definition) is 0. The molecule has 3 aromatic rings. The van der Waals surface area contributed by atoms with Crippen LogP contribution in [0.25, 0.3) is 6.08 Å². The quantitative estimate of drug-likeness (QED) is 0.318. The number of carbonyl (C=O) groups excluding carboxylic acids is 1. The number of nitrogens with zero attached hydrogens (tertiary/aromatic N) is 2. The first-order valence-electron chi connectivity index (χ1n) is 11.7. The van der Waals surface area contributed by atoms with Gasteiger partial charge in [0.25, 0.3) is 5.56 Å². The SMILES string of the molecule is C=CCOC(=O)C1=C(C)N=c2s/c(=C\c3ccc(OCC)c(OC)c3)c(=O)n2[C@@H]1c1ccc(OC)cc1. The Morgan fingerprint density at radius 1 is 1.14 bits per heavy atom. The maximum absolute atomic E-state index is 13.7. The molecule has 1 aliphatic heterocycles. The molecule has 9 heteroatoms. The molecule has 0 unspecified atom stereocenters. The van der Waals surface area contributed by atoms with E-state index in [9.17, 15) is 9.59 Å². The van der Waals surface area contributed by atoms with Crippen LogP contribution in [0.2, 0.25) is 0 Å².